The molecular formula is C12H20N4O. The zero-order valence-electron chi connectivity index (χ0n) is 10.3. The smallest absolute Gasteiger partial charge is 0.234 e. The monoisotopic (exact) mass is 236 g/mol. The minimum atomic E-state index is 0.603. The first-order valence-electron chi connectivity index (χ1n) is 6.23. The highest BCUT2D eigenvalue weighted by molar-refractivity contribution is 5.37. The molecule has 0 aliphatic carbocycles. The number of aromatic nitrogens is 2. The molecule has 0 amide bonds. The molecule has 1 fully saturated rings. The molecule has 0 atom stereocenters. The average Bonchev–Trinajstić information content (AvgIpc) is 2.40. The summed E-state index contributed by atoms with van der Waals surface area (Å²) in [4.78, 5) is 10.9. The molecule has 1 saturated heterocycles. The molecule has 17 heavy (non-hydrogen) atoms. The maximum Gasteiger partial charge on any atom is 0.234 e. The van der Waals surface area contributed by atoms with Gasteiger partial charge < -0.3 is 15.4 Å². The Hall–Kier alpha value is -1.36. The summed E-state index contributed by atoms with van der Waals surface area (Å²) in [6.07, 6.45) is 5.72. The fourth-order valence-electron chi connectivity index (χ4n) is 2.11. The summed E-state index contributed by atoms with van der Waals surface area (Å²) >= 11 is 0. The van der Waals surface area contributed by atoms with Gasteiger partial charge >= 0.3 is 0 Å². The summed E-state index contributed by atoms with van der Waals surface area (Å²) in [5.41, 5.74) is 5.68. The van der Waals surface area contributed by atoms with Gasteiger partial charge in [0.25, 0.3) is 0 Å². The van der Waals surface area contributed by atoms with Crippen molar-refractivity contribution in [1.29, 1.82) is 0 Å². The molecule has 1 aliphatic rings. The molecule has 2 rings (SSSR count). The molecule has 5 heteroatoms. The molecule has 0 radical (unpaired) electrons. The van der Waals surface area contributed by atoms with Crippen LogP contribution in [0.15, 0.2) is 12.4 Å². The summed E-state index contributed by atoms with van der Waals surface area (Å²) in [5.74, 6) is 2.17. The SMILES string of the molecule is CCOc1cncc(N2CCC(CN)CC2)n1. The summed E-state index contributed by atoms with van der Waals surface area (Å²) in [7, 11) is 0. The van der Waals surface area contributed by atoms with Crippen LogP contribution in [0.5, 0.6) is 5.88 Å². The molecular weight excluding hydrogens is 216 g/mol. The van der Waals surface area contributed by atoms with Gasteiger partial charge in [-0.2, -0.15) is 4.98 Å². The van der Waals surface area contributed by atoms with Gasteiger partial charge in [0, 0.05) is 13.1 Å². The molecule has 0 spiro atoms. The second kappa shape index (κ2) is 5.82. The van der Waals surface area contributed by atoms with Gasteiger partial charge in [-0.25, -0.2) is 0 Å². The average molecular weight is 236 g/mol. The lowest BCUT2D eigenvalue weighted by molar-refractivity contribution is 0.324. The van der Waals surface area contributed by atoms with E-state index in [-0.39, 0.29) is 0 Å². The summed E-state index contributed by atoms with van der Waals surface area (Å²) < 4.78 is 5.36. The third-order valence-electron chi connectivity index (χ3n) is 3.16. The van der Waals surface area contributed by atoms with E-state index >= 15 is 0 Å². The molecule has 1 aliphatic heterocycles. The molecule has 1 aromatic rings. The predicted octanol–water partition coefficient (Wildman–Crippen LogP) is 1.05. The van der Waals surface area contributed by atoms with E-state index in [0.29, 0.717) is 18.4 Å². The Labute approximate surface area is 102 Å². The van der Waals surface area contributed by atoms with Gasteiger partial charge in [-0.1, -0.05) is 0 Å². The first-order chi connectivity index (χ1) is 8.33. The summed E-state index contributed by atoms with van der Waals surface area (Å²) in [6.45, 7) is 5.37. The van der Waals surface area contributed by atoms with Crippen molar-refractivity contribution in [1.82, 2.24) is 9.97 Å². The lowest BCUT2D eigenvalue weighted by Gasteiger charge is -2.32. The highest BCUT2D eigenvalue weighted by Gasteiger charge is 2.19. The second-order valence-corrected chi connectivity index (χ2v) is 4.31. The van der Waals surface area contributed by atoms with Crippen LogP contribution in [-0.4, -0.2) is 36.2 Å². The standard InChI is InChI=1S/C12H20N4O/c1-2-17-12-9-14-8-11(15-12)16-5-3-10(7-13)4-6-16/h8-10H,2-7,13H2,1H3. The van der Waals surface area contributed by atoms with Gasteiger partial charge in [-0.3, -0.25) is 4.98 Å². The van der Waals surface area contributed by atoms with Crippen LogP contribution >= 0.6 is 0 Å². The maximum absolute atomic E-state index is 5.68. The zero-order valence-corrected chi connectivity index (χ0v) is 10.3. The van der Waals surface area contributed by atoms with Crippen LogP contribution in [-0.2, 0) is 0 Å². The van der Waals surface area contributed by atoms with E-state index in [2.05, 4.69) is 14.9 Å². The topological polar surface area (TPSA) is 64.3 Å². The lowest BCUT2D eigenvalue weighted by Crippen LogP contribution is -2.36. The van der Waals surface area contributed by atoms with E-state index < -0.39 is 0 Å². The number of piperidine rings is 1. The Morgan fingerprint density at radius 1 is 1.41 bits per heavy atom. The maximum atomic E-state index is 5.68. The van der Waals surface area contributed by atoms with Crippen molar-refractivity contribution < 1.29 is 4.74 Å². The van der Waals surface area contributed by atoms with Crippen LogP contribution in [0.1, 0.15) is 19.8 Å². The van der Waals surface area contributed by atoms with Crippen LogP contribution in [0.25, 0.3) is 0 Å². The quantitative estimate of drug-likeness (QED) is 0.846. The lowest BCUT2D eigenvalue weighted by atomic mass is 9.97. The molecule has 0 bridgehead atoms. The van der Waals surface area contributed by atoms with Crippen LogP contribution < -0.4 is 15.4 Å². The van der Waals surface area contributed by atoms with E-state index in [1.54, 1.807) is 12.4 Å². The fraction of sp³-hybridized carbons (Fsp3) is 0.667. The van der Waals surface area contributed by atoms with Gasteiger partial charge in [-0.05, 0) is 32.2 Å². The van der Waals surface area contributed by atoms with Gasteiger partial charge in [0.15, 0.2) is 5.82 Å². The van der Waals surface area contributed by atoms with E-state index in [0.717, 1.165) is 38.3 Å². The molecule has 1 aromatic heterocycles. The zero-order chi connectivity index (χ0) is 12.1. The van der Waals surface area contributed by atoms with Crippen molar-refractivity contribution in [2.24, 2.45) is 11.7 Å². The highest BCUT2D eigenvalue weighted by atomic mass is 16.5. The third-order valence-corrected chi connectivity index (χ3v) is 3.16. The molecule has 5 nitrogen and oxygen atoms in total. The third kappa shape index (κ3) is 3.06. The van der Waals surface area contributed by atoms with Crippen molar-refractivity contribution >= 4 is 5.82 Å². The van der Waals surface area contributed by atoms with E-state index in [1.807, 2.05) is 6.92 Å². The number of nitrogens with zero attached hydrogens (tertiary/aromatic N) is 3. The Kier molecular flexibility index (Phi) is 4.14. The number of hydrogen-bond acceptors (Lipinski definition) is 5. The minimum Gasteiger partial charge on any atom is -0.477 e. The van der Waals surface area contributed by atoms with Crippen LogP contribution in [0.4, 0.5) is 5.82 Å². The number of anilines is 1. The Bertz CT molecular complexity index is 350. The van der Waals surface area contributed by atoms with Crippen LogP contribution in [0, 0.1) is 5.92 Å². The first kappa shape index (κ1) is 12.1. The highest BCUT2D eigenvalue weighted by Crippen LogP contribution is 2.21. The molecule has 0 saturated carbocycles. The Morgan fingerprint density at radius 2 is 2.18 bits per heavy atom. The fourth-order valence-corrected chi connectivity index (χ4v) is 2.11. The Balaban J connectivity index is 2.00. The van der Waals surface area contributed by atoms with Crippen molar-refractivity contribution in [3.05, 3.63) is 12.4 Å². The van der Waals surface area contributed by atoms with Crippen LogP contribution in [0.3, 0.4) is 0 Å². The number of hydrogen-bond donors (Lipinski definition) is 1. The number of rotatable bonds is 4. The Morgan fingerprint density at radius 3 is 2.82 bits per heavy atom. The normalized spacial score (nSPS) is 17.2. The van der Waals surface area contributed by atoms with Crippen molar-refractivity contribution in [3.8, 4) is 5.88 Å². The molecule has 0 aromatic carbocycles. The molecule has 0 unspecified atom stereocenters. The predicted molar refractivity (Wildman–Crippen MR) is 67.2 cm³/mol. The summed E-state index contributed by atoms with van der Waals surface area (Å²) in [6, 6.07) is 0. The molecule has 94 valence electrons. The van der Waals surface area contributed by atoms with Gasteiger partial charge in [0.05, 0.1) is 19.0 Å². The largest absolute Gasteiger partial charge is 0.477 e. The number of nitrogens with two attached hydrogens (primary N) is 1. The second-order valence-electron chi connectivity index (χ2n) is 4.31. The van der Waals surface area contributed by atoms with Gasteiger partial charge in [-0.15, -0.1) is 0 Å². The molecule has 2 heterocycles. The van der Waals surface area contributed by atoms with Crippen molar-refractivity contribution in [2.45, 2.75) is 19.8 Å². The van der Waals surface area contributed by atoms with E-state index in [1.165, 1.54) is 0 Å². The van der Waals surface area contributed by atoms with Gasteiger partial charge in [0.1, 0.15) is 0 Å². The van der Waals surface area contributed by atoms with Crippen LogP contribution in [0.2, 0.25) is 0 Å². The minimum absolute atomic E-state index is 0.603. The van der Waals surface area contributed by atoms with Crippen molar-refractivity contribution in [3.63, 3.8) is 0 Å². The van der Waals surface area contributed by atoms with Crippen molar-refractivity contribution in [2.75, 3.05) is 31.1 Å². The number of ether oxygens (including phenoxy) is 1. The summed E-state index contributed by atoms with van der Waals surface area (Å²) in [5, 5.41) is 0. The van der Waals surface area contributed by atoms with E-state index in [9.17, 15) is 0 Å². The van der Waals surface area contributed by atoms with Gasteiger partial charge in [0.2, 0.25) is 5.88 Å². The molecule has 2 N–H and O–H groups in total. The first-order valence-corrected chi connectivity index (χ1v) is 6.23. The van der Waals surface area contributed by atoms with E-state index in [4.69, 9.17) is 10.5 Å².